The van der Waals surface area contributed by atoms with Gasteiger partial charge < -0.3 is 19.3 Å². The number of aliphatic hydroxyl groups is 1. The normalized spacial score (nSPS) is 27.5. The van der Waals surface area contributed by atoms with Crippen LogP contribution in [0, 0.1) is 5.92 Å². The maximum absolute atomic E-state index is 10.3. The summed E-state index contributed by atoms with van der Waals surface area (Å²) < 4.78 is 16.6. The van der Waals surface area contributed by atoms with Crippen molar-refractivity contribution in [2.75, 3.05) is 20.3 Å². The summed E-state index contributed by atoms with van der Waals surface area (Å²) in [5.41, 5.74) is 0.836. The van der Waals surface area contributed by atoms with E-state index in [0.29, 0.717) is 12.3 Å². The second kappa shape index (κ2) is 5.39. The highest BCUT2D eigenvalue weighted by Gasteiger charge is 2.33. The minimum Gasteiger partial charge on any atom is -0.497 e. The number of hydrogen-bond donors (Lipinski definition) is 1. The second-order valence-electron chi connectivity index (χ2n) is 5.26. The molecule has 2 heterocycles. The quantitative estimate of drug-likeness (QED) is 0.890. The van der Waals surface area contributed by atoms with Gasteiger partial charge in [-0.3, -0.25) is 0 Å². The van der Waals surface area contributed by atoms with Crippen molar-refractivity contribution in [3.63, 3.8) is 0 Å². The maximum atomic E-state index is 10.3. The molecule has 3 rings (SSSR count). The molecule has 1 N–H and O–H groups in total. The number of hydrogen-bond acceptors (Lipinski definition) is 4. The molecular weight excluding hydrogens is 244 g/mol. The number of aliphatic hydroxyl groups excluding tert-OH is 1. The lowest BCUT2D eigenvalue weighted by Crippen LogP contribution is -2.36. The highest BCUT2D eigenvalue weighted by Crippen LogP contribution is 2.40. The molecule has 0 radical (unpaired) electrons. The van der Waals surface area contributed by atoms with Gasteiger partial charge in [0.25, 0.3) is 0 Å². The summed E-state index contributed by atoms with van der Waals surface area (Å²) in [4.78, 5) is 0. The Bertz CT molecular complexity index is 440. The Hall–Kier alpha value is -1.26. The van der Waals surface area contributed by atoms with Gasteiger partial charge in [-0.2, -0.15) is 0 Å². The average molecular weight is 264 g/mol. The smallest absolute Gasteiger partial charge is 0.125 e. The predicted octanol–water partition coefficient (Wildman–Crippen LogP) is 2.31. The van der Waals surface area contributed by atoms with E-state index in [0.717, 1.165) is 43.1 Å². The molecule has 2 atom stereocenters. The van der Waals surface area contributed by atoms with Crippen molar-refractivity contribution < 1.29 is 19.3 Å². The van der Waals surface area contributed by atoms with Crippen LogP contribution in [-0.4, -0.2) is 31.5 Å². The predicted molar refractivity (Wildman–Crippen MR) is 70.5 cm³/mol. The number of methoxy groups -OCH3 is 1. The van der Waals surface area contributed by atoms with Crippen molar-refractivity contribution in [2.45, 2.75) is 31.5 Å². The molecule has 1 unspecified atom stereocenters. The number of ether oxygens (including phenoxy) is 3. The van der Waals surface area contributed by atoms with Crippen molar-refractivity contribution in [3.8, 4) is 11.5 Å². The minimum absolute atomic E-state index is 0.0970. The lowest BCUT2D eigenvalue weighted by atomic mass is 9.87. The molecule has 2 aliphatic rings. The van der Waals surface area contributed by atoms with E-state index in [-0.39, 0.29) is 6.10 Å². The number of benzene rings is 1. The molecule has 0 aromatic heterocycles. The first-order valence-corrected chi connectivity index (χ1v) is 6.88. The van der Waals surface area contributed by atoms with Gasteiger partial charge in [-0.25, -0.2) is 0 Å². The van der Waals surface area contributed by atoms with Gasteiger partial charge in [0.1, 0.15) is 17.6 Å². The Morgan fingerprint density at radius 2 is 2.05 bits per heavy atom. The highest BCUT2D eigenvalue weighted by atomic mass is 16.5. The third kappa shape index (κ3) is 2.55. The van der Waals surface area contributed by atoms with Gasteiger partial charge in [0, 0.05) is 31.1 Å². The molecule has 19 heavy (non-hydrogen) atoms. The summed E-state index contributed by atoms with van der Waals surface area (Å²) in [5.74, 6) is 2.03. The van der Waals surface area contributed by atoms with E-state index in [2.05, 4.69) is 0 Å². The Morgan fingerprint density at radius 3 is 2.79 bits per heavy atom. The van der Waals surface area contributed by atoms with Crippen molar-refractivity contribution in [2.24, 2.45) is 5.92 Å². The van der Waals surface area contributed by atoms with E-state index in [1.165, 1.54) is 0 Å². The van der Waals surface area contributed by atoms with Gasteiger partial charge in [0.15, 0.2) is 0 Å². The minimum atomic E-state index is -0.466. The fourth-order valence-corrected chi connectivity index (χ4v) is 2.96. The van der Waals surface area contributed by atoms with Crippen LogP contribution in [0.4, 0.5) is 0 Å². The molecule has 1 fully saturated rings. The molecule has 104 valence electrons. The van der Waals surface area contributed by atoms with Gasteiger partial charge in [0.05, 0.1) is 13.2 Å². The van der Waals surface area contributed by atoms with Crippen LogP contribution in [0.15, 0.2) is 18.2 Å². The molecule has 4 heteroatoms. The average Bonchev–Trinajstić information content (AvgIpc) is 2.48. The standard InChI is InChI=1S/C15H20O4/c1-17-11-2-3-14-12(8-11)13(16)9-15(19-14)10-4-6-18-7-5-10/h2-3,8,10,13,15-16H,4-7,9H2,1H3/t13-,15?/m1/s1. The van der Waals surface area contributed by atoms with E-state index in [1.807, 2.05) is 18.2 Å². The lowest BCUT2D eigenvalue weighted by molar-refractivity contribution is -0.0151. The number of fused-ring (bicyclic) bond motifs is 1. The zero-order valence-electron chi connectivity index (χ0n) is 11.2. The Kier molecular flexibility index (Phi) is 3.62. The van der Waals surface area contributed by atoms with Crippen molar-refractivity contribution in [3.05, 3.63) is 23.8 Å². The zero-order chi connectivity index (χ0) is 13.2. The molecule has 1 saturated heterocycles. The van der Waals surface area contributed by atoms with E-state index in [1.54, 1.807) is 7.11 Å². The Balaban J connectivity index is 1.79. The molecule has 0 aliphatic carbocycles. The van der Waals surface area contributed by atoms with E-state index in [4.69, 9.17) is 14.2 Å². The number of rotatable bonds is 2. The van der Waals surface area contributed by atoms with E-state index < -0.39 is 6.10 Å². The molecule has 0 bridgehead atoms. The zero-order valence-corrected chi connectivity index (χ0v) is 11.2. The van der Waals surface area contributed by atoms with Gasteiger partial charge >= 0.3 is 0 Å². The van der Waals surface area contributed by atoms with Gasteiger partial charge in [0.2, 0.25) is 0 Å². The van der Waals surface area contributed by atoms with Crippen LogP contribution in [0.1, 0.15) is 30.9 Å². The molecule has 1 aromatic carbocycles. The van der Waals surface area contributed by atoms with Gasteiger partial charge in [-0.1, -0.05) is 0 Å². The summed E-state index contributed by atoms with van der Waals surface area (Å²) in [7, 11) is 1.63. The van der Waals surface area contributed by atoms with Gasteiger partial charge in [-0.15, -0.1) is 0 Å². The van der Waals surface area contributed by atoms with Crippen LogP contribution in [0.5, 0.6) is 11.5 Å². The molecule has 1 aromatic rings. The molecule has 0 saturated carbocycles. The topological polar surface area (TPSA) is 47.9 Å². The van der Waals surface area contributed by atoms with Crippen LogP contribution in [0.2, 0.25) is 0 Å². The van der Waals surface area contributed by atoms with Gasteiger partial charge in [-0.05, 0) is 31.0 Å². The third-order valence-corrected chi connectivity index (χ3v) is 4.10. The monoisotopic (exact) mass is 264 g/mol. The fourth-order valence-electron chi connectivity index (χ4n) is 2.96. The van der Waals surface area contributed by atoms with Crippen LogP contribution >= 0.6 is 0 Å². The van der Waals surface area contributed by atoms with Crippen molar-refractivity contribution in [1.29, 1.82) is 0 Å². The largest absolute Gasteiger partial charge is 0.497 e. The third-order valence-electron chi connectivity index (χ3n) is 4.10. The Labute approximate surface area is 113 Å². The van der Waals surface area contributed by atoms with Crippen LogP contribution in [0.25, 0.3) is 0 Å². The molecule has 4 nitrogen and oxygen atoms in total. The summed E-state index contributed by atoms with van der Waals surface area (Å²) in [6.45, 7) is 1.60. The first kappa shape index (κ1) is 12.8. The van der Waals surface area contributed by atoms with E-state index in [9.17, 15) is 5.11 Å². The van der Waals surface area contributed by atoms with Crippen LogP contribution in [-0.2, 0) is 4.74 Å². The van der Waals surface area contributed by atoms with Crippen molar-refractivity contribution in [1.82, 2.24) is 0 Å². The fraction of sp³-hybridized carbons (Fsp3) is 0.600. The van der Waals surface area contributed by atoms with Crippen molar-refractivity contribution >= 4 is 0 Å². The Morgan fingerprint density at radius 1 is 1.26 bits per heavy atom. The SMILES string of the molecule is COc1ccc2c(c1)[C@H](O)CC(C1CCOCC1)O2. The van der Waals surface area contributed by atoms with E-state index >= 15 is 0 Å². The van der Waals surface area contributed by atoms with Crippen LogP contribution < -0.4 is 9.47 Å². The maximum Gasteiger partial charge on any atom is 0.125 e. The second-order valence-corrected chi connectivity index (χ2v) is 5.26. The summed E-state index contributed by atoms with van der Waals surface area (Å²) in [6, 6.07) is 5.63. The first-order valence-electron chi connectivity index (χ1n) is 6.88. The summed E-state index contributed by atoms with van der Waals surface area (Å²) in [5, 5.41) is 10.3. The lowest BCUT2D eigenvalue weighted by Gasteiger charge is -2.36. The molecular formula is C15H20O4. The first-order chi connectivity index (χ1) is 9.28. The molecule has 0 spiro atoms. The van der Waals surface area contributed by atoms with Crippen LogP contribution in [0.3, 0.4) is 0 Å². The molecule has 0 amide bonds. The summed E-state index contributed by atoms with van der Waals surface area (Å²) in [6.07, 6.45) is 2.32. The summed E-state index contributed by atoms with van der Waals surface area (Å²) >= 11 is 0. The highest BCUT2D eigenvalue weighted by molar-refractivity contribution is 5.43. The molecule has 2 aliphatic heterocycles.